The molecule has 122 valence electrons. The Morgan fingerprint density at radius 3 is 2.59 bits per heavy atom. The summed E-state index contributed by atoms with van der Waals surface area (Å²) in [5, 5.41) is 10.2. The summed E-state index contributed by atoms with van der Waals surface area (Å²) in [5.41, 5.74) is 0.402. The second-order valence-corrected chi connectivity index (χ2v) is 5.77. The van der Waals surface area contributed by atoms with Crippen molar-refractivity contribution in [1.82, 2.24) is 0 Å². The van der Waals surface area contributed by atoms with Gasteiger partial charge in [-0.3, -0.25) is 0 Å². The molecule has 4 atom stereocenters. The van der Waals surface area contributed by atoms with E-state index < -0.39 is 30.6 Å². The molecule has 6 nitrogen and oxygen atoms in total. The minimum Gasteiger partial charge on any atom is -0.497 e. The van der Waals surface area contributed by atoms with Gasteiger partial charge in [0.1, 0.15) is 18.0 Å². The Labute approximate surface area is 142 Å². The third kappa shape index (κ3) is 4.09. The molecule has 1 N–H and O–H groups in total. The monoisotopic (exact) mass is 422 g/mol. The summed E-state index contributed by atoms with van der Waals surface area (Å²) in [6.07, 6.45) is -2.14. The number of methoxy groups -OCH3 is 2. The maximum atomic E-state index is 12.2. The van der Waals surface area contributed by atoms with Crippen molar-refractivity contribution in [2.75, 3.05) is 18.6 Å². The van der Waals surface area contributed by atoms with E-state index in [0.717, 1.165) is 0 Å². The number of aliphatic hydroxyl groups excluding tert-OH is 1. The Morgan fingerprint density at radius 2 is 2.05 bits per heavy atom. The number of carbonyl (C=O) groups excluding carboxylic acids is 1. The van der Waals surface area contributed by atoms with E-state index in [0.29, 0.717) is 22.2 Å². The predicted octanol–water partition coefficient (Wildman–Crippen LogP) is 1.78. The molecule has 7 heteroatoms. The van der Waals surface area contributed by atoms with Crippen LogP contribution in [0.5, 0.6) is 5.75 Å². The Hall–Kier alpha value is -0.900. The number of benzene rings is 1. The van der Waals surface area contributed by atoms with Crippen LogP contribution in [0.2, 0.25) is 0 Å². The minimum atomic E-state index is -0.870. The van der Waals surface area contributed by atoms with E-state index in [2.05, 4.69) is 22.6 Å². The minimum absolute atomic E-state index is 0.298. The number of alkyl halides is 1. The van der Waals surface area contributed by atoms with Gasteiger partial charge in [0.25, 0.3) is 0 Å². The zero-order chi connectivity index (χ0) is 16.1. The summed E-state index contributed by atoms with van der Waals surface area (Å²) >= 11 is 2.12. The molecule has 0 saturated carbocycles. The van der Waals surface area contributed by atoms with Crippen molar-refractivity contribution in [2.24, 2.45) is 0 Å². The SMILES string of the molecule is COc1ccc(C(=O)O[C@H]2C[C@@H](OC)O[C@H](CI)[C@H]2O)cc1. The van der Waals surface area contributed by atoms with Gasteiger partial charge >= 0.3 is 5.97 Å². The highest BCUT2D eigenvalue weighted by Crippen LogP contribution is 2.25. The molecule has 2 rings (SSSR count). The van der Waals surface area contributed by atoms with Crippen molar-refractivity contribution in [3.63, 3.8) is 0 Å². The van der Waals surface area contributed by atoms with Crippen molar-refractivity contribution in [1.29, 1.82) is 0 Å². The summed E-state index contributed by atoms with van der Waals surface area (Å²) in [6, 6.07) is 6.61. The van der Waals surface area contributed by atoms with Crippen molar-refractivity contribution < 1.29 is 28.8 Å². The highest BCUT2D eigenvalue weighted by molar-refractivity contribution is 14.1. The van der Waals surface area contributed by atoms with Crippen molar-refractivity contribution in [2.45, 2.75) is 31.0 Å². The maximum absolute atomic E-state index is 12.2. The van der Waals surface area contributed by atoms with Crippen LogP contribution in [0, 0.1) is 0 Å². The molecule has 0 amide bonds. The third-order valence-corrected chi connectivity index (χ3v) is 4.38. The van der Waals surface area contributed by atoms with Gasteiger partial charge in [-0.05, 0) is 24.3 Å². The molecule has 0 radical (unpaired) electrons. The van der Waals surface area contributed by atoms with Crippen LogP contribution < -0.4 is 4.74 Å². The normalized spacial score (nSPS) is 28.2. The lowest BCUT2D eigenvalue weighted by Crippen LogP contribution is -2.51. The first kappa shape index (κ1) is 17.5. The fraction of sp³-hybridized carbons (Fsp3) is 0.533. The molecule has 1 saturated heterocycles. The molecular weight excluding hydrogens is 403 g/mol. The van der Waals surface area contributed by atoms with Gasteiger partial charge in [-0.1, -0.05) is 22.6 Å². The van der Waals surface area contributed by atoms with Gasteiger partial charge < -0.3 is 24.1 Å². The van der Waals surface area contributed by atoms with E-state index in [4.69, 9.17) is 18.9 Å². The van der Waals surface area contributed by atoms with Gasteiger partial charge in [0.05, 0.1) is 18.8 Å². The van der Waals surface area contributed by atoms with Gasteiger partial charge in [0.15, 0.2) is 6.29 Å². The van der Waals surface area contributed by atoms with E-state index in [-0.39, 0.29) is 0 Å². The lowest BCUT2D eigenvalue weighted by molar-refractivity contribution is -0.234. The van der Waals surface area contributed by atoms with Gasteiger partial charge in [-0.25, -0.2) is 4.79 Å². The lowest BCUT2D eigenvalue weighted by Gasteiger charge is -2.37. The number of carbonyl (C=O) groups is 1. The van der Waals surface area contributed by atoms with E-state index in [1.807, 2.05) is 0 Å². The second-order valence-electron chi connectivity index (χ2n) is 4.89. The number of halogens is 1. The summed E-state index contributed by atoms with van der Waals surface area (Å²) in [7, 11) is 3.08. The van der Waals surface area contributed by atoms with Crippen LogP contribution in [0.25, 0.3) is 0 Å². The topological polar surface area (TPSA) is 74.2 Å². The quantitative estimate of drug-likeness (QED) is 0.443. The Bertz CT molecular complexity index is 491. The van der Waals surface area contributed by atoms with Crippen molar-refractivity contribution in [3.8, 4) is 5.75 Å². The number of hydrogen-bond donors (Lipinski definition) is 1. The molecule has 1 aliphatic rings. The van der Waals surface area contributed by atoms with Gasteiger partial charge in [-0.2, -0.15) is 0 Å². The standard InChI is InChI=1S/C15H19IO6/c1-19-10-5-3-9(4-6-10)15(18)22-11-7-13(20-2)21-12(8-16)14(11)17/h3-6,11-14,17H,7-8H2,1-2H3/t11-,12+,13-,14-/m0/s1. The highest BCUT2D eigenvalue weighted by atomic mass is 127. The largest absolute Gasteiger partial charge is 0.497 e. The van der Waals surface area contributed by atoms with E-state index in [9.17, 15) is 9.90 Å². The number of esters is 1. The maximum Gasteiger partial charge on any atom is 0.338 e. The molecule has 0 aromatic heterocycles. The summed E-state index contributed by atoms with van der Waals surface area (Å²) in [6.45, 7) is 0. The van der Waals surface area contributed by atoms with Crippen LogP contribution >= 0.6 is 22.6 Å². The van der Waals surface area contributed by atoms with Crippen LogP contribution in [0.3, 0.4) is 0 Å². The Kier molecular flexibility index (Phi) is 6.42. The predicted molar refractivity (Wildman–Crippen MR) is 87.4 cm³/mol. The van der Waals surface area contributed by atoms with Gasteiger partial charge in [-0.15, -0.1) is 0 Å². The number of hydrogen-bond acceptors (Lipinski definition) is 6. The zero-order valence-corrected chi connectivity index (χ0v) is 14.6. The van der Waals surface area contributed by atoms with Gasteiger partial charge in [0, 0.05) is 18.0 Å². The van der Waals surface area contributed by atoms with Gasteiger partial charge in [0.2, 0.25) is 0 Å². The van der Waals surface area contributed by atoms with Crippen LogP contribution in [0.1, 0.15) is 16.8 Å². The molecule has 1 fully saturated rings. The molecular formula is C15H19IO6. The highest BCUT2D eigenvalue weighted by Gasteiger charge is 2.39. The van der Waals surface area contributed by atoms with Crippen LogP contribution in [-0.4, -0.2) is 54.3 Å². The Balaban J connectivity index is 2.04. The van der Waals surface area contributed by atoms with Crippen LogP contribution in [-0.2, 0) is 14.2 Å². The number of aliphatic hydroxyl groups is 1. The second kappa shape index (κ2) is 8.09. The van der Waals surface area contributed by atoms with E-state index >= 15 is 0 Å². The van der Waals surface area contributed by atoms with Crippen molar-refractivity contribution in [3.05, 3.63) is 29.8 Å². The molecule has 1 heterocycles. The Morgan fingerprint density at radius 1 is 1.36 bits per heavy atom. The molecule has 1 aromatic rings. The average Bonchev–Trinajstić information content (AvgIpc) is 2.56. The van der Waals surface area contributed by atoms with E-state index in [1.54, 1.807) is 31.4 Å². The summed E-state index contributed by atoms with van der Waals surface area (Å²) in [5.74, 6) is 0.169. The van der Waals surface area contributed by atoms with E-state index in [1.165, 1.54) is 7.11 Å². The smallest absolute Gasteiger partial charge is 0.338 e. The third-order valence-electron chi connectivity index (χ3n) is 3.51. The molecule has 1 aliphatic heterocycles. The fourth-order valence-electron chi connectivity index (χ4n) is 2.23. The first-order valence-electron chi connectivity index (χ1n) is 6.86. The first-order valence-corrected chi connectivity index (χ1v) is 8.39. The zero-order valence-electron chi connectivity index (χ0n) is 12.4. The molecule has 0 aliphatic carbocycles. The average molecular weight is 422 g/mol. The lowest BCUT2D eigenvalue weighted by atomic mass is 10.0. The fourth-order valence-corrected chi connectivity index (χ4v) is 2.96. The molecule has 0 spiro atoms. The molecule has 22 heavy (non-hydrogen) atoms. The molecule has 1 aromatic carbocycles. The summed E-state index contributed by atoms with van der Waals surface area (Å²) < 4.78 is 21.8. The molecule has 0 unspecified atom stereocenters. The van der Waals surface area contributed by atoms with Crippen LogP contribution in [0.4, 0.5) is 0 Å². The first-order chi connectivity index (χ1) is 10.6. The molecule has 0 bridgehead atoms. The summed E-state index contributed by atoms with van der Waals surface area (Å²) in [4.78, 5) is 12.2. The number of rotatable bonds is 5. The number of ether oxygens (including phenoxy) is 4. The van der Waals surface area contributed by atoms with Crippen molar-refractivity contribution >= 4 is 28.6 Å². The van der Waals surface area contributed by atoms with Crippen LogP contribution in [0.15, 0.2) is 24.3 Å².